The van der Waals surface area contributed by atoms with Crippen LogP contribution in [0.3, 0.4) is 0 Å². The summed E-state index contributed by atoms with van der Waals surface area (Å²) in [5, 5.41) is 20.7. The summed E-state index contributed by atoms with van der Waals surface area (Å²) in [7, 11) is 0. The van der Waals surface area contributed by atoms with Gasteiger partial charge in [0.05, 0.1) is 10.6 Å². The van der Waals surface area contributed by atoms with Gasteiger partial charge < -0.3 is 9.52 Å². The quantitative estimate of drug-likeness (QED) is 0.536. The maximum atomic E-state index is 10.7. The SMILES string of the molecule is O=[N+]([O-])c1ccc(C=Cc2nc(/C=C3\C=Nc4ccccc43)c(O)o2)cc1. The van der Waals surface area contributed by atoms with E-state index in [1.54, 1.807) is 36.6 Å². The molecular weight excluding hydrogens is 346 g/mol. The van der Waals surface area contributed by atoms with Gasteiger partial charge in [0.2, 0.25) is 5.89 Å². The summed E-state index contributed by atoms with van der Waals surface area (Å²) < 4.78 is 5.26. The normalized spacial score (nSPS) is 14.1. The van der Waals surface area contributed by atoms with E-state index in [0.717, 1.165) is 22.4 Å². The summed E-state index contributed by atoms with van der Waals surface area (Å²) in [6, 6.07) is 13.8. The third-order valence-corrected chi connectivity index (χ3v) is 4.02. The Morgan fingerprint density at radius 1 is 1.07 bits per heavy atom. The molecule has 1 aliphatic rings. The maximum absolute atomic E-state index is 10.7. The number of benzene rings is 2. The molecule has 2 heterocycles. The number of aromatic hydroxyl groups is 1. The highest BCUT2D eigenvalue weighted by Crippen LogP contribution is 2.33. The van der Waals surface area contributed by atoms with Crippen molar-refractivity contribution < 1.29 is 14.4 Å². The first kappa shape index (κ1) is 16.5. The van der Waals surface area contributed by atoms with Gasteiger partial charge in [-0.25, -0.2) is 4.98 Å². The number of oxazole rings is 1. The monoisotopic (exact) mass is 359 g/mol. The molecule has 2 aromatic carbocycles. The number of aliphatic imine (C=N–C) groups is 1. The Labute approximate surface area is 153 Å². The fraction of sp³-hybridized carbons (Fsp3) is 0. The van der Waals surface area contributed by atoms with Gasteiger partial charge in [-0.15, -0.1) is 0 Å². The molecule has 1 N–H and O–H groups in total. The topological polar surface area (TPSA) is 102 Å². The summed E-state index contributed by atoms with van der Waals surface area (Å²) in [6.45, 7) is 0. The van der Waals surface area contributed by atoms with Gasteiger partial charge in [-0.2, -0.15) is 0 Å². The first-order chi connectivity index (χ1) is 13.1. The fourth-order valence-electron chi connectivity index (χ4n) is 2.68. The highest BCUT2D eigenvalue weighted by Gasteiger charge is 2.14. The van der Waals surface area contributed by atoms with E-state index in [9.17, 15) is 15.2 Å². The van der Waals surface area contributed by atoms with Crippen LogP contribution in [-0.2, 0) is 0 Å². The molecule has 0 saturated heterocycles. The number of hydrogen-bond acceptors (Lipinski definition) is 6. The Hall–Kier alpha value is -4.00. The number of non-ortho nitro benzene ring substituents is 1. The number of aromatic nitrogens is 1. The number of nitro benzene ring substituents is 1. The molecule has 0 radical (unpaired) electrons. The summed E-state index contributed by atoms with van der Waals surface area (Å²) in [5.74, 6) is -0.0652. The first-order valence-electron chi connectivity index (χ1n) is 8.08. The van der Waals surface area contributed by atoms with Gasteiger partial charge in [0.15, 0.2) is 0 Å². The van der Waals surface area contributed by atoms with Crippen molar-refractivity contribution >= 4 is 41.4 Å². The standard InChI is InChI=1S/C20H13N3O4/c24-20-18(11-14-12-21-17-4-2-1-3-16(14)17)22-19(27-20)10-7-13-5-8-15(9-6-13)23(25)26/h1-12,24H/b10-7?,14-11+. The Kier molecular flexibility index (Phi) is 4.10. The van der Waals surface area contributed by atoms with Gasteiger partial charge in [0.1, 0.15) is 5.69 Å². The van der Waals surface area contributed by atoms with E-state index in [2.05, 4.69) is 9.98 Å². The Bertz CT molecular complexity index is 1110. The van der Waals surface area contributed by atoms with Crippen molar-refractivity contribution in [3.8, 4) is 5.95 Å². The molecule has 0 aliphatic carbocycles. The number of rotatable bonds is 4. The Balaban J connectivity index is 1.56. The summed E-state index contributed by atoms with van der Waals surface area (Å²) >= 11 is 0. The smallest absolute Gasteiger partial charge is 0.310 e. The molecule has 0 atom stereocenters. The third kappa shape index (κ3) is 3.38. The number of allylic oxidation sites excluding steroid dienone is 1. The zero-order chi connectivity index (χ0) is 18.8. The molecule has 1 aromatic heterocycles. The lowest BCUT2D eigenvalue weighted by Gasteiger charge is -1.97. The van der Waals surface area contributed by atoms with E-state index in [4.69, 9.17) is 4.42 Å². The molecule has 7 nitrogen and oxygen atoms in total. The maximum Gasteiger partial charge on any atom is 0.310 e. The minimum absolute atomic E-state index is 0.0216. The molecule has 7 heteroatoms. The third-order valence-electron chi connectivity index (χ3n) is 4.02. The van der Waals surface area contributed by atoms with Crippen molar-refractivity contribution in [3.63, 3.8) is 0 Å². The van der Waals surface area contributed by atoms with Crippen molar-refractivity contribution in [1.29, 1.82) is 0 Å². The molecule has 0 fully saturated rings. The highest BCUT2D eigenvalue weighted by atomic mass is 16.6. The van der Waals surface area contributed by atoms with Crippen LogP contribution in [0.4, 0.5) is 11.4 Å². The molecule has 0 amide bonds. The van der Waals surface area contributed by atoms with Gasteiger partial charge in [-0.3, -0.25) is 15.1 Å². The van der Waals surface area contributed by atoms with E-state index in [1.165, 1.54) is 12.1 Å². The van der Waals surface area contributed by atoms with Crippen LogP contribution in [0.5, 0.6) is 5.95 Å². The number of nitro groups is 1. The van der Waals surface area contributed by atoms with E-state index >= 15 is 0 Å². The number of fused-ring (bicyclic) bond motifs is 1. The van der Waals surface area contributed by atoms with E-state index in [0.29, 0.717) is 5.69 Å². The molecular formula is C20H13N3O4. The summed E-state index contributed by atoms with van der Waals surface area (Å²) in [5.41, 5.74) is 3.73. The number of hydrogen-bond donors (Lipinski definition) is 1. The molecule has 0 spiro atoms. The molecule has 0 unspecified atom stereocenters. The van der Waals surface area contributed by atoms with Crippen LogP contribution in [-0.4, -0.2) is 21.2 Å². The molecule has 0 saturated carbocycles. The van der Waals surface area contributed by atoms with Crippen molar-refractivity contribution in [1.82, 2.24) is 4.98 Å². The van der Waals surface area contributed by atoms with Gasteiger partial charge >= 0.3 is 5.95 Å². The van der Waals surface area contributed by atoms with Crippen LogP contribution in [0.1, 0.15) is 22.7 Å². The fourth-order valence-corrected chi connectivity index (χ4v) is 2.68. The second kappa shape index (κ2) is 6.72. The van der Waals surface area contributed by atoms with Crippen LogP contribution < -0.4 is 0 Å². The van der Waals surface area contributed by atoms with Crippen molar-refractivity contribution in [2.24, 2.45) is 4.99 Å². The average molecular weight is 359 g/mol. The van der Waals surface area contributed by atoms with E-state index < -0.39 is 4.92 Å². The lowest BCUT2D eigenvalue weighted by Crippen LogP contribution is -1.86. The Morgan fingerprint density at radius 2 is 1.85 bits per heavy atom. The summed E-state index contributed by atoms with van der Waals surface area (Å²) in [6.07, 6.45) is 6.69. The number of para-hydroxylation sites is 1. The van der Waals surface area contributed by atoms with Gasteiger partial charge in [-0.05, 0) is 35.9 Å². The van der Waals surface area contributed by atoms with E-state index in [-0.39, 0.29) is 17.5 Å². The molecule has 0 bridgehead atoms. The predicted molar refractivity (Wildman–Crippen MR) is 103 cm³/mol. The molecule has 1 aliphatic heterocycles. The van der Waals surface area contributed by atoms with Crippen LogP contribution in [0.15, 0.2) is 57.9 Å². The molecule has 27 heavy (non-hydrogen) atoms. The van der Waals surface area contributed by atoms with Crippen LogP contribution in [0.25, 0.3) is 23.8 Å². The van der Waals surface area contributed by atoms with Crippen LogP contribution in [0, 0.1) is 10.1 Å². The largest absolute Gasteiger partial charge is 0.479 e. The zero-order valence-electron chi connectivity index (χ0n) is 13.9. The molecule has 132 valence electrons. The van der Waals surface area contributed by atoms with Crippen molar-refractivity contribution in [3.05, 3.63) is 81.4 Å². The van der Waals surface area contributed by atoms with Crippen LogP contribution in [0.2, 0.25) is 0 Å². The zero-order valence-corrected chi connectivity index (χ0v) is 13.9. The lowest BCUT2D eigenvalue weighted by molar-refractivity contribution is -0.384. The van der Waals surface area contributed by atoms with Crippen LogP contribution >= 0.6 is 0 Å². The van der Waals surface area contributed by atoms with Gasteiger partial charge in [0.25, 0.3) is 5.69 Å². The highest BCUT2D eigenvalue weighted by molar-refractivity contribution is 6.21. The molecule has 4 rings (SSSR count). The van der Waals surface area contributed by atoms with Gasteiger partial charge in [-0.1, -0.05) is 18.2 Å². The van der Waals surface area contributed by atoms with Crippen molar-refractivity contribution in [2.75, 3.05) is 0 Å². The van der Waals surface area contributed by atoms with E-state index in [1.807, 2.05) is 24.3 Å². The summed E-state index contributed by atoms with van der Waals surface area (Å²) in [4.78, 5) is 18.8. The minimum Gasteiger partial charge on any atom is -0.479 e. The minimum atomic E-state index is -0.454. The second-order valence-corrected chi connectivity index (χ2v) is 5.80. The second-order valence-electron chi connectivity index (χ2n) is 5.80. The predicted octanol–water partition coefficient (Wildman–Crippen LogP) is 4.72. The average Bonchev–Trinajstić information content (AvgIpc) is 3.24. The first-order valence-corrected chi connectivity index (χ1v) is 8.08. The van der Waals surface area contributed by atoms with Gasteiger partial charge in [0, 0.05) is 35.6 Å². The molecule has 3 aromatic rings. The Morgan fingerprint density at radius 3 is 2.63 bits per heavy atom. The van der Waals surface area contributed by atoms with Crippen molar-refractivity contribution in [2.45, 2.75) is 0 Å². The number of nitrogens with zero attached hydrogens (tertiary/aromatic N) is 3. The lowest BCUT2D eigenvalue weighted by atomic mass is 10.1.